The number of carbonyl (C=O) groups is 2. The van der Waals surface area contributed by atoms with Crippen molar-refractivity contribution in [3.63, 3.8) is 0 Å². The van der Waals surface area contributed by atoms with Crippen LogP contribution in [0.5, 0.6) is 0 Å². The lowest BCUT2D eigenvalue weighted by molar-refractivity contribution is -0.140. The van der Waals surface area contributed by atoms with Crippen molar-refractivity contribution in [3.8, 4) is 0 Å². The molecule has 0 bridgehead atoms. The van der Waals surface area contributed by atoms with Crippen molar-refractivity contribution in [2.24, 2.45) is 5.18 Å². The number of nitrogens with zero attached hydrogens (tertiary/aromatic N) is 1. The summed E-state index contributed by atoms with van der Waals surface area (Å²) < 4.78 is 4.21. The van der Waals surface area contributed by atoms with Crippen LogP contribution in [0.3, 0.4) is 0 Å². The normalized spacial score (nSPS) is 11.5. The molecule has 0 atom stereocenters. The maximum atomic E-state index is 10.6. The summed E-state index contributed by atoms with van der Waals surface area (Å²) in [5, 5.41) is 11.3. The molecule has 13 heavy (non-hydrogen) atoms. The molecule has 0 fully saturated rings. The lowest BCUT2D eigenvalue weighted by atomic mass is 10.2. The number of hydrogen-bond acceptors (Lipinski definition) is 6. The molecule has 0 saturated heterocycles. The molecule has 1 N–H and O–H groups in total. The average molecular weight is 187 g/mol. The molecule has 0 heterocycles. The van der Waals surface area contributed by atoms with Crippen LogP contribution < -0.4 is 0 Å². The Labute approximate surface area is 74.2 Å². The van der Waals surface area contributed by atoms with Crippen molar-refractivity contribution in [1.29, 1.82) is 0 Å². The number of aliphatic hydroxyl groups is 1. The van der Waals surface area contributed by atoms with Crippen LogP contribution in [0.2, 0.25) is 0 Å². The topological polar surface area (TPSA) is 93.0 Å². The molecule has 0 unspecified atom stereocenters. The maximum Gasteiger partial charge on any atom is 0.313 e. The quantitative estimate of drug-likeness (QED) is 0.302. The molecular weight excluding hydrogens is 178 g/mol. The zero-order valence-electron chi connectivity index (χ0n) is 7.23. The first kappa shape index (κ1) is 11.3. The molecule has 0 spiro atoms. The number of esters is 1. The number of ether oxygens (including phenoxy) is 1. The van der Waals surface area contributed by atoms with Crippen molar-refractivity contribution < 1.29 is 19.4 Å². The van der Waals surface area contributed by atoms with Crippen LogP contribution in [-0.4, -0.2) is 24.0 Å². The van der Waals surface area contributed by atoms with Crippen LogP contribution in [0.15, 0.2) is 16.6 Å². The zero-order chi connectivity index (χ0) is 10.4. The van der Waals surface area contributed by atoms with Gasteiger partial charge in [-0.2, -0.15) is 0 Å². The van der Waals surface area contributed by atoms with Gasteiger partial charge in [-0.25, -0.2) is 0 Å². The van der Waals surface area contributed by atoms with Gasteiger partial charge in [-0.15, -0.1) is 4.91 Å². The number of nitroso groups, excluding NO2 is 1. The van der Waals surface area contributed by atoms with Crippen LogP contribution in [0.25, 0.3) is 0 Å². The molecule has 6 heteroatoms. The number of ketones is 1. The summed E-state index contributed by atoms with van der Waals surface area (Å²) in [6, 6.07) is 0. The number of hydrogen-bond donors (Lipinski definition) is 1. The van der Waals surface area contributed by atoms with E-state index in [1.165, 1.54) is 0 Å². The van der Waals surface area contributed by atoms with Gasteiger partial charge >= 0.3 is 5.97 Å². The van der Waals surface area contributed by atoms with Gasteiger partial charge in [0.15, 0.2) is 11.5 Å². The smallest absolute Gasteiger partial charge is 0.313 e. The van der Waals surface area contributed by atoms with Crippen molar-refractivity contribution in [1.82, 2.24) is 0 Å². The fraction of sp³-hybridized carbons (Fsp3) is 0.429. The van der Waals surface area contributed by atoms with Crippen LogP contribution in [0, 0.1) is 4.91 Å². The first-order valence-corrected chi connectivity index (χ1v) is 3.36. The third kappa shape index (κ3) is 3.46. The van der Waals surface area contributed by atoms with Crippen molar-refractivity contribution in [2.45, 2.75) is 13.3 Å². The number of allylic oxidation sites excluding steroid dienone is 1. The second-order valence-corrected chi connectivity index (χ2v) is 2.20. The van der Waals surface area contributed by atoms with E-state index in [4.69, 9.17) is 5.11 Å². The Bertz CT molecular complexity index is 268. The van der Waals surface area contributed by atoms with E-state index in [0.717, 1.165) is 14.0 Å². The van der Waals surface area contributed by atoms with E-state index in [0.29, 0.717) is 0 Å². The molecular formula is C7H9NO5. The first-order valence-electron chi connectivity index (χ1n) is 3.36. The number of methoxy groups -OCH3 is 1. The van der Waals surface area contributed by atoms with Gasteiger partial charge in [0.25, 0.3) is 0 Å². The summed E-state index contributed by atoms with van der Waals surface area (Å²) in [6.07, 6.45) is -0.531. The third-order valence-electron chi connectivity index (χ3n) is 1.24. The number of carbonyl (C=O) groups excluding carboxylic acids is 2. The van der Waals surface area contributed by atoms with Crippen molar-refractivity contribution >= 4 is 11.8 Å². The number of Topliss-reactive ketones (excluding diaryl/α,β-unsaturated/α-hetero) is 1. The SMILES string of the molecule is COC(=O)CC(O)=C(N=O)C(C)=O. The molecule has 0 saturated carbocycles. The summed E-state index contributed by atoms with van der Waals surface area (Å²) in [6.45, 7) is 1.06. The zero-order valence-corrected chi connectivity index (χ0v) is 7.23. The van der Waals surface area contributed by atoms with Gasteiger partial charge in [-0.3, -0.25) is 9.59 Å². The Hall–Kier alpha value is -1.72. The Morgan fingerprint density at radius 3 is 2.31 bits per heavy atom. The van der Waals surface area contributed by atoms with E-state index in [1.807, 2.05) is 0 Å². The summed E-state index contributed by atoms with van der Waals surface area (Å²) in [5.41, 5.74) is -0.648. The molecule has 0 aliphatic carbocycles. The lowest BCUT2D eigenvalue weighted by Crippen LogP contribution is -2.06. The van der Waals surface area contributed by atoms with E-state index < -0.39 is 29.6 Å². The molecule has 0 aliphatic heterocycles. The van der Waals surface area contributed by atoms with Crippen molar-refractivity contribution in [3.05, 3.63) is 16.4 Å². The summed E-state index contributed by atoms with van der Waals surface area (Å²) in [7, 11) is 1.12. The van der Waals surface area contributed by atoms with Gasteiger partial charge in [-0.05, 0) is 5.18 Å². The predicted molar refractivity (Wildman–Crippen MR) is 42.8 cm³/mol. The monoisotopic (exact) mass is 187 g/mol. The molecule has 0 aliphatic rings. The van der Waals surface area contributed by atoms with Crippen molar-refractivity contribution in [2.75, 3.05) is 7.11 Å². The second kappa shape index (κ2) is 5.02. The van der Waals surface area contributed by atoms with Gasteiger partial charge in [0.1, 0.15) is 12.2 Å². The molecule has 0 amide bonds. The summed E-state index contributed by atoms with van der Waals surface area (Å²) in [4.78, 5) is 31.2. The fourth-order valence-corrected chi connectivity index (χ4v) is 0.613. The molecule has 0 rings (SSSR count). The minimum atomic E-state index is -0.750. The molecule has 0 aromatic rings. The minimum absolute atomic E-state index is 0.531. The lowest BCUT2D eigenvalue weighted by Gasteiger charge is -1.99. The average Bonchev–Trinajstić information content (AvgIpc) is 2.04. The molecule has 72 valence electrons. The largest absolute Gasteiger partial charge is 0.509 e. The predicted octanol–water partition coefficient (Wildman–Crippen LogP) is 0.674. The highest BCUT2D eigenvalue weighted by molar-refractivity contribution is 5.94. The highest BCUT2D eigenvalue weighted by Crippen LogP contribution is 2.08. The van der Waals surface area contributed by atoms with Gasteiger partial charge < -0.3 is 9.84 Å². The third-order valence-corrected chi connectivity index (χ3v) is 1.24. The first-order chi connectivity index (χ1) is 6.02. The number of aliphatic hydroxyl groups excluding tert-OH is 1. The molecule has 0 aromatic heterocycles. The summed E-state index contributed by atoms with van der Waals surface area (Å²) >= 11 is 0. The van der Waals surface area contributed by atoms with E-state index in [1.54, 1.807) is 0 Å². The Morgan fingerprint density at radius 1 is 1.46 bits per heavy atom. The van der Waals surface area contributed by atoms with E-state index >= 15 is 0 Å². The highest BCUT2D eigenvalue weighted by Gasteiger charge is 2.15. The summed E-state index contributed by atoms with van der Waals surface area (Å²) in [5.74, 6) is -2.12. The van der Waals surface area contributed by atoms with Gasteiger partial charge in [0.05, 0.1) is 7.11 Å². The van der Waals surface area contributed by atoms with E-state index in [2.05, 4.69) is 9.91 Å². The Morgan fingerprint density at radius 2 is 2.00 bits per heavy atom. The standard InChI is InChI=1S/C7H9NO5/c1-4(9)7(8-12)5(10)3-6(11)13-2/h10H,3H2,1-2H3. The molecule has 0 aromatic carbocycles. The van der Waals surface area contributed by atoms with Gasteiger partial charge in [-0.1, -0.05) is 0 Å². The minimum Gasteiger partial charge on any atom is -0.509 e. The molecule has 6 nitrogen and oxygen atoms in total. The van der Waals surface area contributed by atoms with Crippen LogP contribution in [0.1, 0.15) is 13.3 Å². The highest BCUT2D eigenvalue weighted by atomic mass is 16.5. The van der Waals surface area contributed by atoms with E-state index in [-0.39, 0.29) is 0 Å². The van der Waals surface area contributed by atoms with Crippen LogP contribution >= 0.6 is 0 Å². The fourth-order valence-electron chi connectivity index (χ4n) is 0.613. The Balaban J connectivity index is 4.67. The Kier molecular flexibility index (Phi) is 4.36. The maximum absolute atomic E-state index is 10.6. The van der Waals surface area contributed by atoms with Crippen LogP contribution in [0.4, 0.5) is 0 Å². The van der Waals surface area contributed by atoms with Gasteiger partial charge in [0, 0.05) is 6.92 Å². The van der Waals surface area contributed by atoms with Crippen LogP contribution in [-0.2, 0) is 14.3 Å². The second-order valence-electron chi connectivity index (χ2n) is 2.20. The number of rotatable bonds is 4. The van der Waals surface area contributed by atoms with E-state index in [9.17, 15) is 14.5 Å². The van der Waals surface area contributed by atoms with Gasteiger partial charge in [0.2, 0.25) is 0 Å². The molecule has 0 radical (unpaired) electrons.